The van der Waals surface area contributed by atoms with Crippen molar-refractivity contribution in [3.05, 3.63) is 0 Å². The predicted octanol–water partition coefficient (Wildman–Crippen LogP) is -0.641. The Hall–Kier alpha value is -1.14. The van der Waals surface area contributed by atoms with Crippen LogP contribution in [0.3, 0.4) is 0 Å². The average Bonchev–Trinajstić information content (AvgIpc) is 2.55. The Balaban J connectivity index is 2.02. The van der Waals surface area contributed by atoms with E-state index in [1.165, 1.54) is 0 Å². The maximum absolute atomic E-state index is 12.5. The number of rotatable bonds is 3. The van der Waals surface area contributed by atoms with Gasteiger partial charge in [-0.15, -0.1) is 0 Å². The number of hydrogen-bond acceptors (Lipinski definition) is 4. The van der Waals surface area contributed by atoms with Gasteiger partial charge in [0.25, 0.3) is 0 Å². The second-order valence-corrected chi connectivity index (χ2v) is 5.96. The van der Waals surface area contributed by atoms with Crippen LogP contribution in [0, 0.1) is 0 Å². The van der Waals surface area contributed by atoms with E-state index in [-0.39, 0.29) is 17.9 Å². The second kappa shape index (κ2) is 6.54. The Morgan fingerprint density at radius 3 is 2.65 bits per heavy atom. The third-order valence-electron chi connectivity index (χ3n) is 4.37. The standard InChI is InChI=1S/C14H26N4O2/c1-4-12-14(20)18(6-5-13(19)15-12)10-11-9-16(2)7-8-17(11)3/h11-12H,4-10H2,1-3H3,(H,15,19). The molecule has 0 spiro atoms. The molecule has 2 aliphatic rings. The highest BCUT2D eigenvalue weighted by molar-refractivity contribution is 5.89. The van der Waals surface area contributed by atoms with E-state index >= 15 is 0 Å². The first-order valence-corrected chi connectivity index (χ1v) is 7.48. The zero-order valence-corrected chi connectivity index (χ0v) is 12.8. The van der Waals surface area contributed by atoms with E-state index in [0.29, 0.717) is 32.0 Å². The molecule has 2 amide bonds. The lowest BCUT2D eigenvalue weighted by Gasteiger charge is -2.40. The minimum atomic E-state index is -0.350. The molecule has 20 heavy (non-hydrogen) atoms. The molecule has 0 aliphatic carbocycles. The lowest BCUT2D eigenvalue weighted by molar-refractivity contribution is -0.134. The second-order valence-electron chi connectivity index (χ2n) is 5.96. The van der Waals surface area contributed by atoms with E-state index < -0.39 is 0 Å². The molecule has 2 saturated heterocycles. The fourth-order valence-electron chi connectivity index (χ4n) is 2.91. The minimum Gasteiger partial charge on any atom is -0.344 e. The van der Waals surface area contributed by atoms with Crippen LogP contribution in [-0.4, -0.2) is 85.4 Å². The van der Waals surface area contributed by atoms with Gasteiger partial charge >= 0.3 is 0 Å². The number of nitrogens with one attached hydrogen (secondary N) is 1. The topological polar surface area (TPSA) is 55.9 Å². The smallest absolute Gasteiger partial charge is 0.245 e. The average molecular weight is 282 g/mol. The fraction of sp³-hybridized carbons (Fsp3) is 0.857. The van der Waals surface area contributed by atoms with E-state index in [1.807, 2.05) is 11.8 Å². The Morgan fingerprint density at radius 2 is 1.95 bits per heavy atom. The summed E-state index contributed by atoms with van der Waals surface area (Å²) in [6, 6.07) is 0.0000319. The van der Waals surface area contributed by atoms with Crippen molar-refractivity contribution in [3.8, 4) is 0 Å². The van der Waals surface area contributed by atoms with Gasteiger partial charge in [-0.2, -0.15) is 0 Å². The molecule has 2 atom stereocenters. The van der Waals surface area contributed by atoms with Crippen LogP contribution in [0.4, 0.5) is 0 Å². The van der Waals surface area contributed by atoms with Gasteiger partial charge in [0.05, 0.1) is 0 Å². The Labute approximate surface area is 121 Å². The van der Waals surface area contributed by atoms with Gasteiger partial charge in [-0.25, -0.2) is 0 Å². The molecular formula is C14H26N4O2. The van der Waals surface area contributed by atoms with Crippen LogP contribution in [0.1, 0.15) is 19.8 Å². The van der Waals surface area contributed by atoms with Gasteiger partial charge in [0, 0.05) is 45.2 Å². The molecular weight excluding hydrogens is 256 g/mol. The molecule has 2 unspecified atom stereocenters. The zero-order chi connectivity index (χ0) is 14.7. The van der Waals surface area contributed by atoms with Gasteiger partial charge in [-0.05, 0) is 20.5 Å². The van der Waals surface area contributed by atoms with E-state index in [4.69, 9.17) is 0 Å². The molecule has 0 aromatic rings. The highest BCUT2D eigenvalue weighted by Crippen LogP contribution is 2.12. The molecule has 2 rings (SSSR count). The number of carbonyl (C=O) groups excluding carboxylic acids is 2. The molecule has 0 aromatic heterocycles. The van der Waals surface area contributed by atoms with Gasteiger partial charge in [0.15, 0.2) is 0 Å². The Kier molecular flexibility index (Phi) is 4.99. The van der Waals surface area contributed by atoms with Crippen LogP contribution in [-0.2, 0) is 9.59 Å². The SMILES string of the molecule is CCC1NC(=O)CCN(CC2CN(C)CCN2C)C1=O. The summed E-state index contributed by atoms with van der Waals surface area (Å²) in [5.74, 6) is 0.0572. The molecule has 6 heteroatoms. The number of piperazine rings is 1. The summed E-state index contributed by atoms with van der Waals surface area (Å²) in [6.45, 7) is 6.25. The molecule has 0 saturated carbocycles. The normalized spacial score (nSPS) is 30.2. The number of nitrogens with zero attached hydrogens (tertiary/aromatic N) is 3. The summed E-state index contributed by atoms with van der Waals surface area (Å²) in [4.78, 5) is 30.6. The number of amides is 2. The maximum atomic E-state index is 12.5. The van der Waals surface area contributed by atoms with Crippen molar-refractivity contribution < 1.29 is 9.59 Å². The van der Waals surface area contributed by atoms with Crippen molar-refractivity contribution in [2.45, 2.75) is 31.8 Å². The molecule has 114 valence electrons. The summed E-state index contributed by atoms with van der Waals surface area (Å²) in [7, 11) is 4.23. The summed E-state index contributed by atoms with van der Waals surface area (Å²) in [6.07, 6.45) is 1.07. The van der Waals surface area contributed by atoms with Crippen molar-refractivity contribution in [1.29, 1.82) is 0 Å². The van der Waals surface area contributed by atoms with E-state index in [2.05, 4.69) is 29.2 Å². The van der Waals surface area contributed by atoms with Crippen molar-refractivity contribution in [1.82, 2.24) is 20.0 Å². The highest BCUT2D eigenvalue weighted by atomic mass is 16.2. The van der Waals surface area contributed by atoms with Gasteiger partial charge in [0.2, 0.25) is 11.8 Å². The largest absolute Gasteiger partial charge is 0.344 e. The van der Waals surface area contributed by atoms with E-state index in [0.717, 1.165) is 19.6 Å². The third-order valence-corrected chi connectivity index (χ3v) is 4.37. The molecule has 2 fully saturated rings. The summed E-state index contributed by atoms with van der Waals surface area (Å²) in [5.41, 5.74) is 0. The van der Waals surface area contributed by atoms with E-state index in [9.17, 15) is 9.59 Å². The first-order chi connectivity index (χ1) is 9.51. The Bertz CT molecular complexity index is 374. The fourth-order valence-corrected chi connectivity index (χ4v) is 2.91. The maximum Gasteiger partial charge on any atom is 0.245 e. The van der Waals surface area contributed by atoms with Crippen LogP contribution >= 0.6 is 0 Å². The van der Waals surface area contributed by atoms with Crippen molar-refractivity contribution in [2.75, 3.05) is 46.8 Å². The van der Waals surface area contributed by atoms with Gasteiger partial charge in [-0.1, -0.05) is 6.92 Å². The van der Waals surface area contributed by atoms with Crippen LogP contribution < -0.4 is 5.32 Å². The van der Waals surface area contributed by atoms with Crippen LogP contribution in [0.5, 0.6) is 0 Å². The van der Waals surface area contributed by atoms with Crippen molar-refractivity contribution in [2.24, 2.45) is 0 Å². The number of likely N-dealkylation sites (N-methyl/N-ethyl adjacent to an activating group) is 2. The molecule has 0 aromatic carbocycles. The molecule has 1 N–H and O–H groups in total. The quantitative estimate of drug-likeness (QED) is 0.748. The summed E-state index contributed by atoms with van der Waals surface area (Å²) >= 11 is 0. The number of carbonyl (C=O) groups is 2. The highest BCUT2D eigenvalue weighted by Gasteiger charge is 2.32. The third kappa shape index (κ3) is 3.49. The van der Waals surface area contributed by atoms with Gasteiger partial charge < -0.3 is 15.1 Å². The van der Waals surface area contributed by atoms with Crippen LogP contribution in [0.2, 0.25) is 0 Å². The lowest BCUT2D eigenvalue weighted by atomic mass is 10.1. The first kappa shape index (κ1) is 15.3. The monoisotopic (exact) mass is 282 g/mol. The molecule has 2 heterocycles. The van der Waals surface area contributed by atoms with Gasteiger partial charge in [0.1, 0.15) is 6.04 Å². The van der Waals surface area contributed by atoms with Crippen LogP contribution in [0.25, 0.3) is 0 Å². The van der Waals surface area contributed by atoms with Crippen molar-refractivity contribution in [3.63, 3.8) is 0 Å². The lowest BCUT2D eigenvalue weighted by Crippen LogP contribution is -2.56. The van der Waals surface area contributed by atoms with Crippen molar-refractivity contribution >= 4 is 11.8 Å². The van der Waals surface area contributed by atoms with E-state index in [1.54, 1.807) is 0 Å². The molecule has 0 bridgehead atoms. The first-order valence-electron chi connectivity index (χ1n) is 7.48. The summed E-state index contributed by atoms with van der Waals surface area (Å²) in [5, 5.41) is 2.81. The van der Waals surface area contributed by atoms with Gasteiger partial charge in [-0.3, -0.25) is 14.5 Å². The number of hydrogen-bond donors (Lipinski definition) is 1. The predicted molar refractivity (Wildman–Crippen MR) is 77.3 cm³/mol. The molecule has 6 nitrogen and oxygen atoms in total. The molecule has 2 aliphatic heterocycles. The molecule has 0 radical (unpaired) electrons. The summed E-state index contributed by atoms with van der Waals surface area (Å²) < 4.78 is 0. The zero-order valence-electron chi connectivity index (χ0n) is 12.8. The minimum absolute atomic E-state index is 0.0122. The Morgan fingerprint density at radius 1 is 1.20 bits per heavy atom. The van der Waals surface area contributed by atoms with Crippen LogP contribution in [0.15, 0.2) is 0 Å².